The first-order valence-corrected chi connectivity index (χ1v) is 9.55. The minimum atomic E-state index is -1.64. The molecule has 1 aliphatic rings. The molecule has 0 amide bonds. The second-order valence-electron chi connectivity index (χ2n) is 6.32. The maximum Gasteiger partial charge on any atom is 0.278 e. The molecule has 3 aromatic rings. The van der Waals surface area contributed by atoms with E-state index in [0.717, 1.165) is 5.56 Å². The molecule has 4 rings (SSSR count). The predicted molar refractivity (Wildman–Crippen MR) is 109 cm³/mol. The molecule has 0 atom stereocenters. The number of anilines is 1. The van der Waals surface area contributed by atoms with Crippen molar-refractivity contribution in [3.8, 4) is 0 Å². The first kappa shape index (κ1) is 16.8. The quantitative estimate of drug-likeness (QED) is 0.631. The summed E-state index contributed by atoms with van der Waals surface area (Å²) in [5.41, 5.74) is 0.948. The number of morpholine rings is 1. The Kier molecular flexibility index (Phi) is 5.09. The summed E-state index contributed by atoms with van der Waals surface area (Å²) in [6.07, 6.45) is 1.44. The first-order chi connectivity index (χ1) is 14.3. The highest BCUT2D eigenvalue weighted by molar-refractivity contribution is 6.42. The molecule has 28 heavy (non-hydrogen) atoms. The van der Waals surface area contributed by atoms with Crippen molar-refractivity contribution in [2.24, 2.45) is 0 Å². The lowest BCUT2D eigenvalue weighted by Crippen LogP contribution is -2.38. The highest BCUT2D eigenvalue weighted by Crippen LogP contribution is 2.22. The van der Waals surface area contributed by atoms with Gasteiger partial charge in [0.1, 0.15) is 0 Å². The van der Waals surface area contributed by atoms with Crippen LogP contribution in [-0.4, -0.2) is 57.2 Å². The average molecular weight is 425 g/mol. The molecule has 1 aromatic carbocycles. The minimum Gasteiger partial charge on any atom is -0.379 e. The fourth-order valence-electron chi connectivity index (χ4n) is 2.92. The van der Waals surface area contributed by atoms with Crippen molar-refractivity contribution in [2.75, 3.05) is 38.1 Å². The molecule has 2 aromatic heterocycles. The van der Waals surface area contributed by atoms with Gasteiger partial charge in [0.15, 0.2) is 11.2 Å². The third kappa shape index (κ3) is 4.30. The molecular weight excluding hydrogens is 403 g/mol. The number of nitrogens with zero attached hydrogens (tertiary/aromatic N) is 4. The number of fused-ring (bicyclic) bond motifs is 1. The Morgan fingerprint density at radius 1 is 1.29 bits per heavy atom. The van der Waals surface area contributed by atoms with Gasteiger partial charge in [-0.05, 0) is 17.7 Å². The summed E-state index contributed by atoms with van der Waals surface area (Å²) >= 11 is 11.9. The Balaban J connectivity index is 1.52. The van der Waals surface area contributed by atoms with Gasteiger partial charge in [-0.25, -0.2) is 4.98 Å². The second-order valence-corrected chi connectivity index (χ2v) is 7.13. The lowest BCUT2D eigenvalue weighted by molar-refractivity contribution is 0.0365. The van der Waals surface area contributed by atoms with Crippen LogP contribution in [0.4, 0.5) is 5.95 Å². The van der Waals surface area contributed by atoms with Crippen molar-refractivity contribution in [2.45, 2.75) is 13.1 Å². The number of hydrogen-bond donors (Lipinski definition) is 2. The van der Waals surface area contributed by atoms with E-state index in [-0.39, 0.29) is 23.7 Å². The lowest BCUT2D eigenvalue weighted by Gasteiger charge is -2.26. The standard InChI is InChI=1S/C18H20Cl2N6O2/c19-13-2-1-12(9-14(13)20)10-21-18-23-16-15(17(27)24-18)26(11-22-16)4-3-25-5-7-28-8-6-25/h1-2,9,11H,3-8,10H2,(H2,21,23,24,27)/i3D2. The number of H-pyrrole nitrogens is 1. The summed E-state index contributed by atoms with van der Waals surface area (Å²) in [7, 11) is 0. The minimum absolute atomic E-state index is 0.0374. The van der Waals surface area contributed by atoms with Crippen LogP contribution in [0.25, 0.3) is 11.2 Å². The number of aromatic nitrogens is 4. The molecule has 3 heterocycles. The number of imidazole rings is 1. The van der Waals surface area contributed by atoms with Gasteiger partial charge < -0.3 is 14.6 Å². The molecule has 1 fully saturated rings. The molecule has 1 saturated heterocycles. The Morgan fingerprint density at radius 3 is 2.89 bits per heavy atom. The molecule has 1 aliphatic heterocycles. The topological polar surface area (TPSA) is 88.1 Å². The van der Waals surface area contributed by atoms with Crippen LogP contribution in [0.1, 0.15) is 8.30 Å². The van der Waals surface area contributed by atoms with Crippen molar-refractivity contribution < 1.29 is 7.48 Å². The molecule has 2 N–H and O–H groups in total. The van der Waals surface area contributed by atoms with Gasteiger partial charge in [0, 0.05) is 35.4 Å². The fraction of sp³-hybridized carbons (Fsp3) is 0.389. The van der Waals surface area contributed by atoms with Crippen LogP contribution >= 0.6 is 23.2 Å². The number of aryl methyl sites for hydroxylation is 1. The maximum atomic E-state index is 12.7. The van der Waals surface area contributed by atoms with E-state index in [1.165, 1.54) is 10.9 Å². The van der Waals surface area contributed by atoms with Crippen LogP contribution in [0.3, 0.4) is 0 Å². The van der Waals surface area contributed by atoms with E-state index in [4.69, 9.17) is 30.7 Å². The van der Waals surface area contributed by atoms with E-state index in [9.17, 15) is 4.79 Å². The van der Waals surface area contributed by atoms with Crippen molar-refractivity contribution in [3.05, 3.63) is 50.5 Å². The summed E-state index contributed by atoms with van der Waals surface area (Å²) in [5.74, 6) is 0.264. The van der Waals surface area contributed by atoms with E-state index in [1.807, 2.05) is 6.07 Å². The largest absolute Gasteiger partial charge is 0.379 e. The smallest absolute Gasteiger partial charge is 0.278 e. The summed E-state index contributed by atoms with van der Waals surface area (Å²) < 4.78 is 23.6. The van der Waals surface area contributed by atoms with Crippen LogP contribution < -0.4 is 10.9 Å². The third-order valence-electron chi connectivity index (χ3n) is 4.40. The lowest BCUT2D eigenvalue weighted by atomic mass is 10.2. The third-order valence-corrected chi connectivity index (χ3v) is 5.14. The van der Waals surface area contributed by atoms with Gasteiger partial charge in [-0.15, -0.1) is 0 Å². The van der Waals surface area contributed by atoms with Gasteiger partial charge >= 0.3 is 0 Å². The van der Waals surface area contributed by atoms with Crippen molar-refractivity contribution in [3.63, 3.8) is 0 Å². The molecule has 10 heteroatoms. The van der Waals surface area contributed by atoms with Gasteiger partial charge in [0.25, 0.3) is 5.56 Å². The Bertz CT molecular complexity index is 1110. The van der Waals surface area contributed by atoms with Crippen LogP contribution in [0, 0.1) is 0 Å². The van der Waals surface area contributed by atoms with Crippen molar-refractivity contribution in [1.82, 2.24) is 24.4 Å². The maximum absolute atomic E-state index is 12.7. The molecule has 0 saturated carbocycles. The Morgan fingerprint density at radius 2 is 2.11 bits per heavy atom. The fourth-order valence-corrected chi connectivity index (χ4v) is 3.24. The zero-order valence-electron chi connectivity index (χ0n) is 16.9. The Hall–Kier alpha value is -2.13. The van der Waals surface area contributed by atoms with Gasteiger partial charge in [-0.1, -0.05) is 29.3 Å². The number of benzene rings is 1. The van der Waals surface area contributed by atoms with Crippen molar-refractivity contribution >= 4 is 40.3 Å². The molecule has 148 valence electrons. The van der Waals surface area contributed by atoms with Crippen LogP contribution in [0.2, 0.25) is 10.0 Å². The second kappa shape index (κ2) is 8.48. The van der Waals surface area contributed by atoms with E-state index in [2.05, 4.69) is 20.3 Å². The monoisotopic (exact) mass is 424 g/mol. The van der Waals surface area contributed by atoms with E-state index < -0.39 is 12.1 Å². The highest BCUT2D eigenvalue weighted by Gasteiger charge is 2.14. The van der Waals surface area contributed by atoms with Gasteiger partial charge in [-0.3, -0.25) is 14.7 Å². The zero-order valence-corrected chi connectivity index (χ0v) is 16.4. The summed E-state index contributed by atoms with van der Waals surface area (Å²) in [5, 5.41) is 3.95. The summed E-state index contributed by atoms with van der Waals surface area (Å²) in [6, 6.07) is 5.25. The van der Waals surface area contributed by atoms with Crippen LogP contribution in [0.15, 0.2) is 29.3 Å². The Labute approximate surface area is 174 Å². The molecule has 0 spiro atoms. The average Bonchev–Trinajstić information content (AvgIpc) is 3.12. The number of hydrogen-bond acceptors (Lipinski definition) is 6. The van der Waals surface area contributed by atoms with E-state index >= 15 is 0 Å². The molecule has 0 unspecified atom stereocenters. The number of rotatable bonds is 6. The van der Waals surface area contributed by atoms with Crippen LogP contribution in [-0.2, 0) is 17.8 Å². The van der Waals surface area contributed by atoms with E-state index in [0.29, 0.717) is 42.9 Å². The van der Waals surface area contributed by atoms with Gasteiger partial charge in [-0.2, -0.15) is 4.98 Å². The number of halogens is 2. The molecule has 0 aliphatic carbocycles. The zero-order chi connectivity index (χ0) is 21.3. The van der Waals surface area contributed by atoms with Crippen molar-refractivity contribution in [1.29, 1.82) is 0 Å². The van der Waals surface area contributed by atoms with Crippen LogP contribution in [0.5, 0.6) is 0 Å². The van der Waals surface area contributed by atoms with Gasteiger partial charge in [0.05, 0.1) is 29.6 Å². The number of aromatic amines is 1. The molecule has 0 bridgehead atoms. The molecule has 0 radical (unpaired) electrons. The van der Waals surface area contributed by atoms with E-state index in [1.54, 1.807) is 17.0 Å². The number of ether oxygens (including phenoxy) is 1. The predicted octanol–water partition coefficient (Wildman–Crippen LogP) is 2.37. The summed E-state index contributed by atoms with van der Waals surface area (Å²) in [6.45, 7) is 0.666. The number of nitrogens with one attached hydrogen (secondary N) is 2. The molecule has 8 nitrogen and oxygen atoms in total. The summed E-state index contributed by atoms with van der Waals surface area (Å²) in [4.78, 5) is 25.6. The SMILES string of the molecule is [2H]C([2H])(Cn1cnc2nc(NCc3ccc(Cl)c(Cl)c3)[nH]c(=O)c21)N1CCOCC1. The first-order valence-electron chi connectivity index (χ1n) is 9.79. The molecular formula is C18H20Cl2N6O2. The normalized spacial score (nSPS) is 16.8. The van der Waals surface area contributed by atoms with Gasteiger partial charge in [0.2, 0.25) is 5.95 Å². The highest BCUT2D eigenvalue weighted by atomic mass is 35.5.